The Morgan fingerprint density at radius 1 is 1.07 bits per heavy atom. The summed E-state index contributed by atoms with van der Waals surface area (Å²) in [6, 6.07) is 10.5. The van der Waals surface area contributed by atoms with Gasteiger partial charge in [-0.25, -0.2) is 9.97 Å². The van der Waals surface area contributed by atoms with E-state index in [1.54, 1.807) is 0 Å². The van der Waals surface area contributed by atoms with Crippen LogP contribution in [0.15, 0.2) is 30.3 Å². The molecule has 8 rings (SSSR count). The fourth-order valence-electron chi connectivity index (χ4n) is 7.55. The number of pyridine rings is 1. The molecule has 3 aromatic heterocycles. The van der Waals surface area contributed by atoms with Crippen molar-refractivity contribution in [2.75, 3.05) is 32.8 Å². The van der Waals surface area contributed by atoms with Crippen molar-refractivity contribution in [1.29, 1.82) is 0 Å². The summed E-state index contributed by atoms with van der Waals surface area (Å²) in [6.07, 6.45) is 6.28. The second kappa shape index (κ2) is 11.0. The smallest absolute Gasteiger partial charge is 0.254 e. The molecule has 4 aromatic rings. The van der Waals surface area contributed by atoms with Crippen LogP contribution < -0.4 is 10.6 Å². The molecule has 2 bridgehead atoms. The summed E-state index contributed by atoms with van der Waals surface area (Å²) in [7, 11) is 2.07. The van der Waals surface area contributed by atoms with E-state index in [0.717, 1.165) is 109 Å². The van der Waals surface area contributed by atoms with E-state index in [4.69, 9.17) is 14.7 Å². The highest BCUT2D eigenvalue weighted by Crippen LogP contribution is 2.43. The number of ether oxygens (including phenoxy) is 1. The number of rotatable bonds is 3. The number of aryl methyl sites for hydroxylation is 2. The van der Waals surface area contributed by atoms with Gasteiger partial charge in [-0.2, -0.15) is 0 Å². The predicted octanol–water partition coefficient (Wildman–Crippen LogP) is 3.96. The average molecular weight is 596 g/mol. The Hall–Kier alpha value is -3.76. The molecule has 1 aromatic carbocycles. The molecule has 6 heterocycles. The highest BCUT2D eigenvalue weighted by molar-refractivity contribution is 6.00. The number of nitrogens with zero attached hydrogens (tertiary/aromatic N) is 5. The van der Waals surface area contributed by atoms with Crippen LogP contribution in [0.3, 0.4) is 0 Å². The van der Waals surface area contributed by atoms with E-state index in [0.29, 0.717) is 25.6 Å². The molecular weight excluding hydrogens is 554 g/mol. The van der Waals surface area contributed by atoms with Gasteiger partial charge in [0.1, 0.15) is 5.65 Å². The van der Waals surface area contributed by atoms with Crippen molar-refractivity contribution >= 4 is 33.9 Å². The summed E-state index contributed by atoms with van der Waals surface area (Å²) in [5, 5.41) is 7.76. The van der Waals surface area contributed by atoms with Crippen LogP contribution in [-0.4, -0.2) is 74.7 Å². The fourth-order valence-corrected chi connectivity index (χ4v) is 7.55. The van der Waals surface area contributed by atoms with Gasteiger partial charge in [0, 0.05) is 56.1 Å². The molecule has 1 saturated carbocycles. The maximum atomic E-state index is 13.6. The summed E-state index contributed by atoms with van der Waals surface area (Å²) in [6.45, 7) is 6.43. The molecule has 10 nitrogen and oxygen atoms in total. The topological polar surface area (TPSA) is 106 Å². The molecule has 4 aliphatic rings. The third kappa shape index (κ3) is 4.88. The van der Waals surface area contributed by atoms with E-state index >= 15 is 0 Å². The van der Waals surface area contributed by atoms with Gasteiger partial charge in [-0.3, -0.25) is 9.59 Å². The van der Waals surface area contributed by atoms with Gasteiger partial charge in [0.15, 0.2) is 5.82 Å². The SMILES string of the molecule is C[C@H]1NC(=O)[C@@H]2C[C@H]2CCCCCn2c(-c3nc4cc5c(cc4n3C)CCN(C[C@H]3COCCN3)C5=O)cc3ccc1nc32. The molecule has 0 unspecified atom stereocenters. The Morgan fingerprint density at radius 2 is 1.98 bits per heavy atom. The van der Waals surface area contributed by atoms with Crippen LogP contribution in [0.4, 0.5) is 0 Å². The van der Waals surface area contributed by atoms with Gasteiger partial charge < -0.3 is 29.4 Å². The zero-order valence-corrected chi connectivity index (χ0v) is 25.6. The monoisotopic (exact) mass is 595 g/mol. The van der Waals surface area contributed by atoms with Crippen molar-refractivity contribution in [3.05, 3.63) is 47.2 Å². The van der Waals surface area contributed by atoms with Gasteiger partial charge in [-0.15, -0.1) is 0 Å². The van der Waals surface area contributed by atoms with E-state index in [-0.39, 0.29) is 29.8 Å². The first-order valence-corrected chi connectivity index (χ1v) is 16.4. The number of benzene rings is 1. The molecule has 3 aliphatic heterocycles. The number of nitrogens with one attached hydrogen (secondary N) is 2. The Labute approximate surface area is 257 Å². The number of hydrogen-bond donors (Lipinski definition) is 2. The minimum Gasteiger partial charge on any atom is -0.378 e. The summed E-state index contributed by atoms with van der Waals surface area (Å²) < 4.78 is 10.1. The lowest BCUT2D eigenvalue weighted by Crippen LogP contribution is -2.51. The maximum absolute atomic E-state index is 13.6. The molecule has 44 heavy (non-hydrogen) atoms. The van der Waals surface area contributed by atoms with E-state index in [1.807, 2.05) is 24.0 Å². The number of morpholine rings is 1. The molecule has 4 atom stereocenters. The number of imidazole rings is 1. The lowest BCUT2D eigenvalue weighted by atomic mass is 9.97. The standard InChI is InChI=1S/C34H41N7O3/c1-20-27-8-7-23-16-30(41(31(23)37-27)11-5-3-4-6-21-14-25(21)33(42)36-20)32-38-28-17-26-22(15-29(28)39(32)2)9-12-40(34(26)43)18-24-19-44-13-10-35-24/h7-8,15-17,20-21,24-25,35H,3-6,9-14,18-19H2,1-2H3,(H,36,42)/t20-,21-,24+,25-/m1/s1. The third-order valence-electron chi connectivity index (χ3n) is 10.2. The normalized spacial score (nSPS) is 26.0. The molecule has 10 heteroatoms. The molecule has 0 spiro atoms. The summed E-state index contributed by atoms with van der Waals surface area (Å²) in [5.41, 5.74) is 6.54. The van der Waals surface area contributed by atoms with Crippen LogP contribution in [0.2, 0.25) is 0 Å². The number of carbonyl (C=O) groups is 2. The van der Waals surface area contributed by atoms with Crippen LogP contribution in [0.1, 0.15) is 66.7 Å². The van der Waals surface area contributed by atoms with Gasteiger partial charge in [0.2, 0.25) is 5.91 Å². The first-order valence-electron chi connectivity index (χ1n) is 16.4. The fraction of sp³-hybridized carbons (Fsp3) is 0.529. The number of aromatic nitrogens is 4. The van der Waals surface area contributed by atoms with E-state index in [2.05, 4.69) is 45.0 Å². The zero-order valence-electron chi connectivity index (χ0n) is 25.6. The molecule has 1 saturated heterocycles. The number of hydrogen-bond acceptors (Lipinski definition) is 6. The molecule has 2 fully saturated rings. The Bertz CT molecular complexity index is 1770. The number of fused-ring (bicyclic) bond motifs is 4. The highest BCUT2D eigenvalue weighted by atomic mass is 16.5. The lowest BCUT2D eigenvalue weighted by molar-refractivity contribution is -0.123. The molecule has 230 valence electrons. The Balaban J connectivity index is 1.15. The van der Waals surface area contributed by atoms with Crippen molar-refractivity contribution in [2.45, 2.75) is 64.1 Å². The van der Waals surface area contributed by atoms with Gasteiger partial charge in [-0.05, 0) is 74.4 Å². The van der Waals surface area contributed by atoms with E-state index < -0.39 is 0 Å². The Morgan fingerprint density at radius 3 is 2.84 bits per heavy atom. The van der Waals surface area contributed by atoms with Crippen LogP contribution in [0.25, 0.3) is 33.6 Å². The predicted molar refractivity (Wildman–Crippen MR) is 168 cm³/mol. The van der Waals surface area contributed by atoms with E-state index in [1.165, 1.54) is 0 Å². The maximum Gasteiger partial charge on any atom is 0.254 e. The van der Waals surface area contributed by atoms with E-state index in [9.17, 15) is 9.59 Å². The first-order chi connectivity index (χ1) is 21.4. The number of carbonyl (C=O) groups excluding carboxylic acids is 2. The van der Waals surface area contributed by atoms with Crippen LogP contribution in [0.5, 0.6) is 0 Å². The zero-order chi connectivity index (χ0) is 29.9. The van der Waals surface area contributed by atoms with Crippen LogP contribution in [-0.2, 0) is 29.5 Å². The minimum absolute atomic E-state index is 0.0745. The minimum atomic E-state index is -0.150. The van der Waals surface area contributed by atoms with Crippen molar-refractivity contribution in [3.63, 3.8) is 0 Å². The summed E-state index contributed by atoms with van der Waals surface area (Å²) in [5.74, 6) is 1.82. The van der Waals surface area contributed by atoms with Gasteiger partial charge in [0.05, 0.1) is 41.7 Å². The molecular formula is C34H41N7O3. The van der Waals surface area contributed by atoms with Crippen molar-refractivity contribution in [1.82, 2.24) is 34.6 Å². The first kappa shape index (κ1) is 27.8. The molecule has 1 aliphatic carbocycles. The summed E-state index contributed by atoms with van der Waals surface area (Å²) >= 11 is 0. The van der Waals surface area contributed by atoms with Gasteiger partial charge in [-0.1, -0.05) is 12.8 Å². The van der Waals surface area contributed by atoms with Gasteiger partial charge in [0.25, 0.3) is 5.91 Å². The average Bonchev–Trinajstić information content (AvgIpc) is 3.63. The van der Waals surface area contributed by atoms with Gasteiger partial charge >= 0.3 is 0 Å². The second-order valence-electron chi connectivity index (χ2n) is 13.2. The Kier molecular flexibility index (Phi) is 6.94. The molecule has 0 radical (unpaired) electrons. The summed E-state index contributed by atoms with van der Waals surface area (Å²) in [4.78, 5) is 38.7. The molecule has 2 N–H and O–H groups in total. The van der Waals surface area contributed by atoms with Crippen molar-refractivity contribution in [3.8, 4) is 11.5 Å². The highest BCUT2D eigenvalue weighted by Gasteiger charge is 2.42. The lowest BCUT2D eigenvalue weighted by Gasteiger charge is -2.33. The molecule has 2 amide bonds. The van der Waals surface area contributed by atoms with Crippen molar-refractivity contribution < 1.29 is 14.3 Å². The third-order valence-corrected chi connectivity index (χ3v) is 10.2. The van der Waals surface area contributed by atoms with Crippen molar-refractivity contribution in [2.24, 2.45) is 18.9 Å². The number of amides is 2. The van der Waals surface area contributed by atoms with Crippen LogP contribution >= 0.6 is 0 Å². The van der Waals surface area contributed by atoms with Crippen LogP contribution in [0, 0.1) is 11.8 Å². The largest absolute Gasteiger partial charge is 0.378 e. The second-order valence-corrected chi connectivity index (χ2v) is 13.2. The quantitative estimate of drug-likeness (QED) is 0.372.